The average Bonchev–Trinajstić information content (AvgIpc) is 2.82. The Labute approximate surface area is 131 Å². The van der Waals surface area contributed by atoms with Gasteiger partial charge in [-0.05, 0) is 30.2 Å². The van der Waals surface area contributed by atoms with Crippen molar-refractivity contribution in [1.82, 2.24) is 9.80 Å². The van der Waals surface area contributed by atoms with E-state index >= 15 is 0 Å². The number of hydrogen-bond donors (Lipinski definition) is 1. The molecule has 0 saturated carbocycles. The van der Waals surface area contributed by atoms with Crippen LogP contribution in [0.25, 0.3) is 0 Å². The largest absolute Gasteiger partial charge is 0.340 e. The van der Waals surface area contributed by atoms with Crippen LogP contribution in [-0.2, 0) is 11.3 Å². The molecule has 0 aliphatic carbocycles. The Balaban J connectivity index is 1.84. The van der Waals surface area contributed by atoms with Crippen molar-refractivity contribution in [2.45, 2.75) is 39.3 Å². The number of carbonyl (C=O) groups excluding carboxylic acids is 1. The van der Waals surface area contributed by atoms with E-state index in [1.54, 1.807) is 11.3 Å². The SMILES string of the molecule is CC(C)C[C@H](N)C(=O)N1CCCN(Cc2cccs2)CC1. The predicted molar refractivity (Wildman–Crippen MR) is 88.2 cm³/mol. The number of nitrogens with two attached hydrogens (primary N) is 1. The Morgan fingerprint density at radius 2 is 2.14 bits per heavy atom. The van der Waals surface area contributed by atoms with Gasteiger partial charge in [0.15, 0.2) is 0 Å². The van der Waals surface area contributed by atoms with Crippen LogP contribution < -0.4 is 5.73 Å². The molecule has 2 N–H and O–H groups in total. The quantitative estimate of drug-likeness (QED) is 0.907. The Hall–Kier alpha value is -0.910. The highest BCUT2D eigenvalue weighted by atomic mass is 32.1. The highest BCUT2D eigenvalue weighted by Gasteiger charge is 2.24. The summed E-state index contributed by atoms with van der Waals surface area (Å²) < 4.78 is 0. The second kappa shape index (κ2) is 7.92. The topological polar surface area (TPSA) is 49.6 Å². The zero-order valence-corrected chi connectivity index (χ0v) is 13.9. The minimum absolute atomic E-state index is 0.127. The fourth-order valence-electron chi connectivity index (χ4n) is 2.82. The Kier molecular flexibility index (Phi) is 6.21. The van der Waals surface area contributed by atoms with Gasteiger partial charge in [-0.2, -0.15) is 0 Å². The van der Waals surface area contributed by atoms with E-state index in [-0.39, 0.29) is 11.9 Å². The number of thiophene rings is 1. The Morgan fingerprint density at radius 1 is 1.33 bits per heavy atom. The molecular formula is C16H27N3OS. The van der Waals surface area contributed by atoms with Crippen molar-refractivity contribution in [3.63, 3.8) is 0 Å². The molecule has 118 valence electrons. The fourth-order valence-corrected chi connectivity index (χ4v) is 3.56. The van der Waals surface area contributed by atoms with Gasteiger partial charge in [0.25, 0.3) is 0 Å². The molecule has 4 nitrogen and oxygen atoms in total. The van der Waals surface area contributed by atoms with Crippen molar-refractivity contribution in [2.75, 3.05) is 26.2 Å². The van der Waals surface area contributed by atoms with E-state index in [0.717, 1.165) is 45.6 Å². The van der Waals surface area contributed by atoms with Gasteiger partial charge in [0.2, 0.25) is 5.91 Å². The summed E-state index contributed by atoms with van der Waals surface area (Å²) in [5.41, 5.74) is 6.04. The van der Waals surface area contributed by atoms with E-state index in [9.17, 15) is 4.79 Å². The van der Waals surface area contributed by atoms with Crippen LogP contribution in [0.5, 0.6) is 0 Å². The number of hydrogen-bond acceptors (Lipinski definition) is 4. The first kappa shape index (κ1) is 16.5. The smallest absolute Gasteiger partial charge is 0.239 e. The van der Waals surface area contributed by atoms with E-state index in [1.807, 2.05) is 4.90 Å². The highest BCUT2D eigenvalue weighted by molar-refractivity contribution is 7.09. The lowest BCUT2D eigenvalue weighted by molar-refractivity contribution is -0.132. The molecule has 1 saturated heterocycles. The molecule has 1 aromatic heterocycles. The van der Waals surface area contributed by atoms with Crippen LogP contribution >= 0.6 is 11.3 Å². The summed E-state index contributed by atoms with van der Waals surface area (Å²) in [4.78, 5) is 18.2. The van der Waals surface area contributed by atoms with E-state index < -0.39 is 0 Å². The Morgan fingerprint density at radius 3 is 2.81 bits per heavy atom. The van der Waals surface area contributed by atoms with Gasteiger partial charge >= 0.3 is 0 Å². The van der Waals surface area contributed by atoms with E-state index in [4.69, 9.17) is 5.73 Å². The monoisotopic (exact) mass is 309 g/mol. The summed E-state index contributed by atoms with van der Waals surface area (Å²) in [6, 6.07) is 3.93. The van der Waals surface area contributed by atoms with Crippen molar-refractivity contribution >= 4 is 17.2 Å². The molecule has 1 amide bonds. The summed E-state index contributed by atoms with van der Waals surface area (Å²) in [7, 11) is 0. The first-order chi connectivity index (χ1) is 10.1. The van der Waals surface area contributed by atoms with Crippen LogP contribution in [0.2, 0.25) is 0 Å². The maximum absolute atomic E-state index is 12.4. The van der Waals surface area contributed by atoms with E-state index in [0.29, 0.717) is 5.92 Å². The van der Waals surface area contributed by atoms with Gasteiger partial charge in [-0.3, -0.25) is 9.69 Å². The fraction of sp³-hybridized carbons (Fsp3) is 0.688. The third-order valence-corrected chi connectivity index (χ3v) is 4.76. The third-order valence-electron chi connectivity index (χ3n) is 3.90. The summed E-state index contributed by atoms with van der Waals surface area (Å²) >= 11 is 1.80. The van der Waals surface area contributed by atoms with Gasteiger partial charge < -0.3 is 10.6 Å². The molecular weight excluding hydrogens is 282 g/mol. The molecule has 21 heavy (non-hydrogen) atoms. The molecule has 1 aliphatic rings. The van der Waals surface area contributed by atoms with Crippen LogP contribution in [0.3, 0.4) is 0 Å². The average molecular weight is 309 g/mol. The molecule has 1 aromatic rings. The molecule has 1 aliphatic heterocycles. The zero-order chi connectivity index (χ0) is 15.2. The van der Waals surface area contributed by atoms with E-state index in [1.165, 1.54) is 4.88 Å². The van der Waals surface area contributed by atoms with E-state index in [2.05, 4.69) is 36.3 Å². The van der Waals surface area contributed by atoms with Crippen LogP contribution in [0, 0.1) is 5.92 Å². The molecule has 0 radical (unpaired) electrons. The second-order valence-corrected chi connectivity index (χ2v) is 7.30. The van der Waals surface area contributed by atoms with Crippen molar-refractivity contribution in [2.24, 2.45) is 11.7 Å². The maximum Gasteiger partial charge on any atom is 0.239 e. The molecule has 2 heterocycles. The number of amides is 1. The predicted octanol–water partition coefficient (Wildman–Crippen LogP) is 2.16. The Bertz CT molecular complexity index is 433. The molecule has 5 heteroatoms. The summed E-state index contributed by atoms with van der Waals surface area (Å²) in [5, 5.41) is 2.12. The normalized spacial score (nSPS) is 18.8. The van der Waals surface area contributed by atoms with Crippen molar-refractivity contribution < 1.29 is 4.79 Å². The van der Waals surface area contributed by atoms with Crippen molar-refractivity contribution in [1.29, 1.82) is 0 Å². The van der Waals surface area contributed by atoms with Gasteiger partial charge in [0.1, 0.15) is 0 Å². The standard InChI is InChI=1S/C16H27N3OS/c1-13(2)11-15(17)16(20)19-7-4-6-18(8-9-19)12-14-5-3-10-21-14/h3,5,10,13,15H,4,6-9,11-12,17H2,1-2H3/t15-/m0/s1. The molecule has 1 atom stereocenters. The lowest BCUT2D eigenvalue weighted by atomic mass is 10.0. The van der Waals surface area contributed by atoms with Crippen LogP contribution in [0.4, 0.5) is 0 Å². The summed E-state index contributed by atoms with van der Waals surface area (Å²) in [6.45, 7) is 8.86. The minimum Gasteiger partial charge on any atom is -0.340 e. The second-order valence-electron chi connectivity index (χ2n) is 6.27. The van der Waals surface area contributed by atoms with Gasteiger partial charge in [-0.1, -0.05) is 19.9 Å². The molecule has 1 fully saturated rings. The number of rotatable bonds is 5. The van der Waals surface area contributed by atoms with Crippen LogP contribution in [-0.4, -0.2) is 47.9 Å². The summed E-state index contributed by atoms with van der Waals surface area (Å²) in [6.07, 6.45) is 1.81. The lowest BCUT2D eigenvalue weighted by Crippen LogP contribution is -2.45. The molecule has 0 spiro atoms. The lowest BCUT2D eigenvalue weighted by Gasteiger charge is -2.25. The van der Waals surface area contributed by atoms with Crippen LogP contribution in [0.15, 0.2) is 17.5 Å². The zero-order valence-electron chi connectivity index (χ0n) is 13.1. The van der Waals surface area contributed by atoms with Gasteiger partial charge in [-0.15, -0.1) is 11.3 Å². The number of carbonyl (C=O) groups is 1. The van der Waals surface area contributed by atoms with Crippen LogP contribution in [0.1, 0.15) is 31.6 Å². The van der Waals surface area contributed by atoms with Gasteiger partial charge in [0, 0.05) is 37.6 Å². The third kappa shape index (κ3) is 5.09. The molecule has 2 rings (SSSR count). The number of nitrogens with zero attached hydrogens (tertiary/aromatic N) is 2. The first-order valence-corrected chi connectivity index (χ1v) is 8.73. The first-order valence-electron chi connectivity index (χ1n) is 7.85. The molecule has 0 bridgehead atoms. The molecule has 0 aromatic carbocycles. The van der Waals surface area contributed by atoms with Gasteiger partial charge in [0.05, 0.1) is 6.04 Å². The summed E-state index contributed by atoms with van der Waals surface area (Å²) in [5.74, 6) is 0.591. The maximum atomic E-state index is 12.4. The van der Waals surface area contributed by atoms with Crippen molar-refractivity contribution in [3.05, 3.63) is 22.4 Å². The van der Waals surface area contributed by atoms with Crippen molar-refractivity contribution in [3.8, 4) is 0 Å². The molecule has 0 unspecified atom stereocenters. The van der Waals surface area contributed by atoms with Gasteiger partial charge in [-0.25, -0.2) is 0 Å². The minimum atomic E-state index is -0.339. The highest BCUT2D eigenvalue weighted by Crippen LogP contribution is 2.14.